The van der Waals surface area contributed by atoms with Crippen molar-refractivity contribution < 1.29 is 9.52 Å². The molecule has 0 spiro atoms. The molecule has 0 fully saturated rings. The van der Waals surface area contributed by atoms with E-state index in [9.17, 15) is 5.11 Å². The fourth-order valence-corrected chi connectivity index (χ4v) is 3.01. The Hall–Kier alpha value is -1.28. The highest BCUT2D eigenvalue weighted by Crippen LogP contribution is 2.25. The summed E-state index contributed by atoms with van der Waals surface area (Å²) in [6.45, 7) is 8.54. The van der Waals surface area contributed by atoms with Crippen LogP contribution in [-0.2, 0) is 12.8 Å². The van der Waals surface area contributed by atoms with Gasteiger partial charge in [0, 0.05) is 6.42 Å². The minimum Gasteiger partial charge on any atom is -0.469 e. The minimum absolute atomic E-state index is 0.491. The summed E-state index contributed by atoms with van der Waals surface area (Å²) in [5.41, 5.74) is 1.87. The van der Waals surface area contributed by atoms with Gasteiger partial charge in [0.15, 0.2) is 0 Å². The Kier molecular flexibility index (Phi) is 5.69. The molecule has 22 heavy (non-hydrogen) atoms. The lowest BCUT2D eigenvalue weighted by Crippen LogP contribution is -2.21. The van der Waals surface area contributed by atoms with Crippen LogP contribution in [0.1, 0.15) is 58.3 Å². The number of hydrogen-bond donors (Lipinski definition) is 1. The molecule has 2 nitrogen and oxygen atoms in total. The zero-order chi connectivity index (χ0) is 16.2. The second kappa shape index (κ2) is 7.32. The average Bonchev–Trinajstić information content (AvgIpc) is 2.84. The van der Waals surface area contributed by atoms with Gasteiger partial charge in [0.25, 0.3) is 0 Å². The van der Waals surface area contributed by atoms with E-state index < -0.39 is 5.60 Å². The van der Waals surface area contributed by atoms with Crippen LogP contribution in [0.4, 0.5) is 0 Å². The third-order valence-corrected chi connectivity index (χ3v) is 4.63. The van der Waals surface area contributed by atoms with E-state index in [1.165, 1.54) is 11.1 Å². The number of hydrogen-bond acceptors (Lipinski definition) is 2. The molecule has 1 heterocycles. The molecule has 2 heteroatoms. The Morgan fingerprint density at radius 1 is 1.36 bits per heavy atom. The molecule has 0 unspecified atom stereocenters. The van der Waals surface area contributed by atoms with Crippen molar-refractivity contribution in [2.45, 2.75) is 65.4 Å². The smallest absolute Gasteiger partial charge is 0.108 e. The number of aliphatic hydroxyl groups is 1. The Morgan fingerprint density at radius 2 is 2.14 bits per heavy atom. The van der Waals surface area contributed by atoms with Crippen LogP contribution in [0.25, 0.3) is 0 Å². The Bertz CT molecular complexity index is 532. The molecule has 0 radical (unpaired) electrons. The van der Waals surface area contributed by atoms with Gasteiger partial charge in [0.2, 0.25) is 0 Å². The molecule has 1 aromatic heterocycles. The first-order valence-corrected chi connectivity index (χ1v) is 8.49. The predicted molar refractivity (Wildman–Crippen MR) is 91.8 cm³/mol. The fourth-order valence-electron chi connectivity index (χ4n) is 3.01. The first-order valence-electron chi connectivity index (χ1n) is 8.49. The number of allylic oxidation sites excluding steroid dienone is 3. The van der Waals surface area contributed by atoms with E-state index in [1.54, 1.807) is 0 Å². The third kappa shape index (κ3) is 5.17. The lowest BCUT2D eigenvalue weighted by atomic mass is 9.87. The fraction of sp³-hybridized carbons (Fsp3) is 0.600. The van der Waals surface area contributed by atoms with Crippen LogP contribution in [0.2, 0.25) is 0 Å². The van der Waals surface area contributed by atoms with Crippen LogP contribution in [0.3, 0.4) is 0 Å². The Labute approximate surface area is 134 Å². The molecule has 0 aliphatic heterocycles. The summed E-state index contributed by atoms with van der Waals surface area (Å²) in [6.07, 6.45) is 13.0. The number of aryl methyl sites for hydroxylation is 1. The standard InChI is InChI=1S/C20H30O2/c1-15(2)18-8-7-17-13-19(22-14-17)12-16(3)6-5-10-20(4,21)11-9-18/h6,9,11,13-15,18,21H,5,7-8,10,12H2,1-4H3/b11-9-,16-6-/t18-,20+/m1/s1. The van der Waals surface area contributed by atoms with Crippen molar-refractivity contribution in [2.24, 2.45) is 11.8 Å². The minimum atomic E-state index is -0.720. The van der Waals surface area contributed by atoms with Gasteiger partial charge in [-0.15, -0.1) is 0 Å². The molecule has 1 aliphatic carbocycles. The van der Waals surface area contributed by atoms with Gasteiger partial charge in [-0.2, -0.15) is 0 Å². The number of furan rings is 1. The SMILES string of the molecule is C/C1=C/CC[C@](C)(O)/C=C\[C@H](C(C)C)CCc2coc(c2)C1. The molecular weight excluding hydrogens is 272 g/mol. The Morgan fingerprint density at radius 3 is 2.86 bits per heavy atom. The van der Waals surface area contributed by atoms with Gasteiger partial charge < -0.3 is 9.52 Å². The van der Waals surface area contributed by atoms with E-state index in [0.29, 0.717) is 11.8 Å². The van der Waals surface area contributed by atoms with E-state index in [-0.39, 0.29) is 0 Å². The number of fused-ring (bicyclic) bond motifs is 2. The highest BCUT2D eigenvalue weighted by atomic mass is 16.3. The molecule has 1 aliphatic rings. The van der Waals surface area contributed by atoms with E-state index in [2.05, 4.69) is 39.0 Å². The summed E-state index contributed by atoms with van der Waals surface area (Å²) < 4.78 is 5.69. The van der Waals surface area contributed by atoms with Gasteiger partial charge >= 0.3 is 0 Å². The van der Waals surface area contributed by atoms with Crippen molar-refractivity contribution in [3.05, 3.63) is 47.5 Å². The van der Waals surface area contributed by atoms with Crippen molar-refractivity contribution in [1.82, 2.24) is 0 Å². The summed E-state index contributed by atoms with van der Waals surface area (Å²) in [5, 5.41) is 10.5. The second-order valence-electron chi connectivity index (χ2n) is 7.35. The summed E-state index contributed by atoms with van der Waals surface area (Å²) in [7, 11) is 0. The van der Waals surface area contributed by atoms with Crippen molar-refractivity contribution in [3.63, 3.8) is 0 Å². The van der Waals surface area contributed by atoms with Gasteiger partial charge in [0.1, 0.15) is 5.76 Å². The maximum Gasteiger partial charge on any atom is 0.108 e. The molecule has 1 N–H and O–H groups in total. The van der Waals surface area contributed by atoms with E-state index in [1.807, 2.05) is 19.3 Å². The molecule has 0 saturated carbocycles. The van der Waals surface area contributed by atoms with E-state index in [0.717, 1.165) is 37.9 Å². The molecule has 2 bridgehead atoms. The van der Waals surface area contributed by atoms with Crippen LogP contribution in [0.5, 0.6) is 0 Å². The molecule has 2 atom stereocenters. The van der Waals surface area contributed by atoms with Crippen LogP contribution in [0, 0.1) is 11.8 Å². The Balaban J connectivity index is 2.21. The first kappa shape index (κ1) is 17.1. The van der Waals surface area contributed by atoms with Gasteiger partial charge in [-0.25, -0.2) is 0 Å². The highest BCUT2D eigenvalue weighted by molar-refractivity contribution is 5.18. The van der Waals surface area contributed by atoms with E-state index >= 15 is 0 Å². The highest BCUT2D eigenvalue weighted by Gasteiger charge is 2.18. The first-order chi connectivity index (χ1) is 10.4. The molecule has 2 rings (SSSR count). The topological polar surface area (TPSA) is 33.4 Å². The molecular formula is C20H30O2. The maximum atomic E-state index is 10.5. The van der Waals surface area contributed by atoms with Crippen molar-refractivity contribution in [1.29, 1.82) is 0 Å². The van der Waals surface area contributed by atoms with Gasteiger partial charge in [0.05, 0.1) is 11.9 Å². The lowest BCUT2D eigenvalue weighted by molar-refractivity contribution is 0.102. The zero-order valence-electron chi connectivity index (χ0n) is 14.4. The summed E-state index contributed by atoms with van der Waals surface area (Å²) in [5.74, 6) is 2.11. The van der Waals surface area contributed by atoms with Gasteiger partial charge in [-0.05, 0) is 63.0 Å². The normalized spacial score (nSPS) is 31.4. The van der Waals surface area contributed by atoms with E-state index in [4.69, 9.17) is 4.42 Å². The van der Waals surface area contributed by atoms with Gasteiger partial charge in [-0.3, -0.25) is 0 Å². The molecule has 1 aromatic rings. The van der Waals surface area contributed by atoms with Crippen molar-refractivity contribution in [3.8, 4) is 0 Å². The van der Waals surface area contributed by atoms with Crippen molar-refractivity contribution >= 4 is 0 Å². The third-order valence-electron chi connectivity index (χ3n) is 4.63. The summed E-state index contributed by atoms with van der Waals surface area (Å²) in [6, 6.07) is 2.19. The monoisotopic (exact) mass is 302 g/mol. The van der Waals surface area contributed by atoms with Crippen LogP contribution in [0.15, 0.2) is 40.5 Å². The average molecular weight is 302 g/mol. The molecule has 0 amide bonds. The molecule has 122 valence electrons. The maximum absolute atomic E-state index is 10.5. The second-order valence-corrected chi connectivity index (χ2v) is 7.35. The van der Waals surface area contributed by atoms with Gasteiger partial charge in [-0.1, -0.05) is 37.6 Å². The predicted octanol–water partition coefficient (Wildman–Crippen LogP) is 5.07. The summed E-state index contributed by atoms with van der Waals surface area (Å²) in [4.78, 5) is 0. The van der Waals surface area contributed by atoms with Crippen molar-refractivity contribution in [2.75, 3.05) is 0 Å². The number of rotatable bonds is 1. The largest absolute Gasteiger partial charge is 0.469 e. The summed E-state index contributed by atoms with van der Waals surface area (Å²) >= 11 is 0. The zero-order valence-corrected chi connectivity index (χ0v) is 14.4. The molecule has 0 aromatic carbocycles. The molecule has 0 saturated heterocycles. The van der Waals surface area contributed by atoms with Crippen LogP contribution >= 0.6 is 0 Å². The quantitative estimate of drug-likeness (QED) is 0.734. The van der Waals surface area contributed by atoms with Crippen LogP contribution in [-0.4, -0.2) is 10.7 Å². The van der Waals surface area contributed by atoms with Crippen LogP contribution < -0.4 is 0 Å². The lowest BCUT2D eigenvalue weighted by Gasteiger charge is -2.22.